The minimum atomic E-state index is -1.17. The molecule has 1 N–H and O–H groups in total. The maximum Gasteiger partial charge on any atom is 0.119 e. The van der Waals surface area contributed by atoms with E-state index in [1.165, 1.54) is 11.4 Å². The molecule has 0 radical (unpaired) electrons. The second-order valence-corrected chi connectivity index (χ2v) is 11.8. The number of ether oxygens (including phenoxy) is 1. The van der Waals surface area contributed by atoms with Gasteiger partial charge in [-0.05, 0) is 73.9 Å². The SMILES string of the molecule is Cc1ccc(C(O)(Cc2ccc(Cl)cc2)c2ccc(OCCN3CCN(CCn4c(C)ccc4C)CC3)cc2)cc1. The van der Waals surface area contributed by atoms with Gasteiger partial charge in [0.2, 0.25) is 0 Å². The molecule has 216 valence electrons. The third-order valence-electron chi connectivity index (χ3n) is 8.43. The predicted octanol–water partition coefficient (Wildman–Crippen LogP) is 6.24. The number of piperazine rings is 1. The molecular weight excluding hydrogens is 530 g/mol. The highest BCUT2D eigenvalue weighted by molar-refractivity contribution is 6.30. The summed E-state index contributed by atoms with van der Waals surface area (Å²) in [6.45, 7) is 14.5. The molecule has 3 aromatic carbocycles. The van der Waals surface area contributed by atoms with Gasteiger partial charge < -0.3 is 14.4 Å². The fourth-order valence-corrected chi connectivity index (χ4v) is 5.87. The molecule has 1 aromatic heterocycles. The van der Waals surface area contributed by atoms with Crippen molar-refractivity contribution in [2.75, 3.05) is 45.9 Å². The first-order valence-corrected chi connectivity index (χ1v) is 15.0. The third-order valence-corrected chi connectivity index (χ3v) is 8.68. The maximum absolute atomic E-state index is 12.1. The second-order valence-electron chi connectivity index (χ2n) is 11.4. The molecule has 1 aliphatic heterocycles. The first kappa shape index (κ1) is 29.4. The molecule has 2 heterocycles. The van der Waals surface area contributed by atoms with Gasteiger partial charge >= 0.3 is 0 Å². The first-order valence-electron chi connectivity index (χ1n) is 14.6. The van der Waals surface area contributed by atoms with Crippen molar-refractivity contribution >= 4 is 11.6 Å². The van der Waals surface area contributed by atoms with Gasteiger partial charge in [0, 0.05) is 68.6 Å². The van der Waals surface area contributed by atoms with Gasteiger partial charge in [-0.25, -0.2) is 0 Å². The van der Waals surface area contributed by atoms with E-state index in [0.29, 0.717) is 18.1 Å². The molecule has 0 aliphatic carbocycles. The monoisotopic (exact) mass is 571 g/mol. The summed E-state index contributed by atoms with van der Waals surface area (Å²) in [5, 5.41) is 12.7. The number of halogens is 1. The summed E-state index contributed by atoms with van der Waals surface area (Å²) in [6.07, 6.45) is 0.448. The van der Waals surface area contributed by atoms with Crippen molar-refractivity contribution < 1.29 is 9.84 Å². The van der Waals surface area contributed by atoms with Crippen LogP contribution in [0.4, 0.5) is 0 Å². The van der Waals surface area contributed by atoms with E-state index in [2.05, 4.69) is 47.3 Å². The van der Waals surface area contributed by atoms with E-state index in [1.54, 1.807) is 0 Å². The number of aliphatic hydroxyl groups is 1. The molecule has 1 fully saturated rings. The van der Waals surface area contributed by atoms with Crippen molar-refractivity contribution in [2.24, 2.45) is 0 Å². The minimum absolute atomic E-state index is 0.448. The Balaban J connectivity index is 1.14. The fourth-order valence-electron chi connectivity index (χ4n) is 5.75. The first-order chi connectivity index (χ1) is 19.8. The Morgan fingerprint density at radius 1 is 0.683 bits per heavy atom. The summed E-state index contributed by atoms with van der Waals surface area (Å²) in [6, 6.07) is 28.1. The lowest BCUT2D eigenvalue weighted by atomic mass is 9.81. The molecule has 0 amide bonds. The van der Waals surface area contributed by atoms with Crippen molar-refractivity contribution in [3.63, 3.8) is 0 Å². The van der Waals surface area contributed by atoms with Crippen molar-refractivity contribution in [2.45, 2.75) is 39.3 Å². The Labute approximate surface area is 249 Å². The average Bonchev–Trinajstić information content (AvgIpc) is 3.31. The van der Waals surface area contributed by atoms with Gasteiger partial charge in [0.1, 0.15) is 18.0 Å². The number of hydrogen-bond acceptors (Lipinski definition) is 4. The Kier molecular flexibility index (Phi) is 9.51. The maximum atomic E-state index is 12.1. The fraction of sp³-hybridized carbons (Fsp3) is 0.371. The van der Waals surface area contributed by atoms with Crippen molar-refractivity contribution in [3.05, 3.63) is 124 Å². The number of benzene rings is 3. The lowest BCUT2D eigenvalue weighted by Crippen LogP contribution is -2.48. The van der Waals surface area contributed by atoms with Crippen LogP contribution in [0.25, 0.3) is 0 Å². The van der Waals surface area contributed by atoms with E-state index >= 15 is 0 Å². The summed E-state index contributed by atoms with van der Waals surface area (Å²) < 4.78 is 8.53. The van der Waals surface area contributed by atoms with Crippen LogP contribution in [0.2, 0.25) is 5.02 Å². The van der Waals surface area contributed by atoms with Crippen molar-refractivity contribution in [1.82, 2.24) is 14.4 Å². The van der Waals surface area contributed by atoms with E-state index < -0.39 is 5.60 Å². The quantitative estimate of drug-likeness (QED) is 0.231. The summed E-state index contributed by atoms with van der Waals surface area (Å²) in [4.78, 5) is 5.05. The zero-order valence-electron chi connectivity index (χ0n) is 24.5. The highest BCUT2D eigenvalue weighted by Crippen LogP contribution is 2.35. The Bertz CT molecular complexity index is 1370. The van der Waals surface area contributed by atoms with Gasteiger partial charge in [0.15, 0.2) is 0 Å². The van der Waals surface area contributed by atoms with E-state index in [0.717, 1.165) is 73.8 Å². The van der Waals surface area contributed by atoms with Crippen LogP contribution < -0.4 is 4.74 Å². The van der Waals surface area contributed by atoms with Gasteiger partial charge in [0.05, 0.1) is 0 Å². The number of nitrogens with zero attached hydrogens (tertiary/aromatic N) is 3. The molecule has 1 unspecified atom stereocenters. The molecular formula is C35H42ClN3O2. The van der Waals surface area contributed by atoms with Crippen molar-refractivity contribution in [3.8, 4) is 5.75 Å². The van der Waals surface area contributed by atoms with Gasteiger partial charge in [-0.15, -0.1) is 0 Å². The van der Waals surface area contributed by atoms with E-state index in [9.17, 15) is 5.11 Å². The summed E-state index contributed by atoms with van der Waals surface area (Å²) in [5.74, 6) is 0.822. The van der Waals surface area contributed by atoms with E-state index in [-0.39, 0.29) is 0 Å². The highest BCUT2D eigenvalue weighted by Gasteiger charge is 2.32. The second kappa shape index (κ2) is 13.3. The van der Waals surface area contributed by atoms with E-state index in [1.807, 2.05) is 72.8 Å². The summed E-state index contributed by atoms with van der Waals surface area (Å²) in [7, 11) is 0. The van der Waals surface area contributed by atoms with Gasteiger partial charge in [-0.2, -0.15) is 0 Å². The molecule has 6 heteroatoms. The Morgan fingerprint density at radius 2 is 1.22 bits per heavy atom. The summed E-state index contributed by atoms with van der Waals surface area (Å²) >= 11 is 6.11. The topological polar surface area (TPSA) is 40.9 Å². The van der Waals surface area contributed by atoms with Crippen LogP contribution in [0.15, 0.2) is 84.9 Å². The Hall–Kier alpha value is -3.09. The molecule has 5 nitrogen and oxygen atoms in total. The molecule has 41 heavy (non-hydrogen) atoms. The Morgan fingerprint density at radius 3 is 1.80 bits per heavy atom. The minimum Gasteiger partial charge on any atom is -0.492 e. The van der Waals surface area contributed by atoms with Gasteiger partial charge in [-0.3, -0.25) is 9.80 Å². The lowest BCUT2D eigenvalue weighted by Gasteiger charge is -2.34. The van der Waals surface area contributed by atoms with Crippen LogP contribution in [-0.4, -0.2) is 65.3 Å². The largest absolute Gasteiger partial charge is 0.492 e. The normalized spacial score (nSPS) is 16.0. The smallest absolute Gasteiger partial charge is 0.119 e. The summed E-state index contributed by atoms with van der Waals surface area (Å²) in [5.41, 5.74) is 5.40. The van der Waals surface area contributed by atoms with Crippen LogP contribution in [0.1, 0.15) is 33.6 Å². The van der Waals surface area contributed by atoms with Crippen LogP contribution in [0.5, 0.6) is 5.75 Å². The number of hydrogen-bond donors (Lipinski definition) is 1. The number of aryl methyl sites for hydroxylation is 3. The third kappa shape index (κ3) is 7.41. The zero-order valence-corrected chi connectivity index (χ0v) is 25.3. The van der Waals surface area contributed by atoms with Crippen LogP contribution in [0.3, 0.4) is 0 Å². The molecule has 1 aliphatic rings. The molecule has 1 saturated heterocycles. The van der Waals surface area contributed by atoms with Crippen molar-refractivity contribution in [1.29, 1.82) is 0 Å². The highest BCUT2D eigenvalue weighted by atomic mass is 35.5. The van der Waals surface area contributed by atoms with E-state index in [4.69, 9.17) is 16.3 Å². The van der Waals surface area contributed by atoms with Crippen LogP contribution in [-0.2, 0) is 18.6 Å². The molecule has 1 atom stereocenters. The standard InChI is InChI=1S/C35H42ClN3O2/c1-27-4-10-31(11-5-27)35(40,26-30-8-14-33(36)15-9-30)32-12-16-34(17-13-32)41-25-24-38-20-18-37(19-21-38)22-23-39-28(2)6-7-29(39)3/h4-17,40H,18-26H2,1-3H3. The molecule has 5 rings (SSSR count). The van der Waals surface area contributed by atoms with Crippen LogP contribution >= 0.6 is 11.6 Å². The number of aromatic nitrogens is 1. The molecule has 0 bridgehead atoms. The lowest BCUT2D eigenvalue weighted by molar-refractivity contribution is 0.0810. The van der Waals surface area contributed by atoms with Gasteiger partial charge in [-0.1, -0.05) is 65.7 Å². The zero-order chi connectivity index (χ0) is 28.8. The average molecular weight is 572 g/mol. The van der Waals surface area contributed by atoms with Crippen LogP contribution in [0, 0.1) is 20.8 Å². The number of rotatable bonds is 11. The molecule has 0 saturated carbocycles. The molecule has 0 spiro atoms. The predicted molar refractivity (Wildman–Crippen MR) is 168 cm³/mol. The molecule has 4 aromatic rings. The van der Waals surface area contributed by atoms with Gasteiger partial charge in [0.25, 0.3) is 0 Å².